The zero-order valence-electron chi connectivity index (χ0n) is 10.4. The van der Waals surface area contributed by atoms with Gasteiger partial charge in [-0.2, -0.15) is 0 Å². The summed E-state index contributed by atoms with van der Waals surface area (Å²) in [6.07, 6.45) is 0. The van der Waals surface area contributed by atoms with Crippen LogP contribution in [-0.2, 0) is 6.61 Å². The van der Waals surface area contributed by atoms with Crippen LogP contribution in [0.2, 0.25) is 0 Å². The lowest BCUT2D eigenvalue weighted by Crippen LogP contribution is -1.96. The fraction of sp³-hybridized carbons (Fsp3) is 0.200. The first kappa shape index (κ1) is 12.6. The quantitative estimate of drug-likeness (QED) is 0.894. The van der Waals surface area contributed by atoms with Gasteiger partial charge in [-0.1, -0.05) is 23.8 Å². The molecule has 2 aromatic carbocycles. The number of hydrogen-bond donors (Lipinski definition) is 1. The Balaban J connectivity index is 2.37. The Morgan fingerprint density at radius 1 is 1.11 bits per heavy atom. The van der Waals surface area contributed by atoms with Crippen LogP contribution in [0.4, 0.5) is 4.39 Å². The number of hydrogen-bond acceptors (Lipinski definition) is 2. The molecule has 18 heavy (non-hydrogen) atoms. The van der Waals surface area contributed by atoms with E-state index < -0.39 is 5.82 Å². The minimum absolute atomic E-state index is 0.178. The lowest BCUT2D eigenvalue weighted by atomic mass is 10.1. The maximum absolute atomic E-state index is 13.5. The molecule has 0 fully saturated rings. The highest BCUT2D eigenvalue weighted by Crippen LogP contribution is 2.29. The zero-order valence-corrected chi connectivity index (χ0v) is 10.4. The molecule has 0 aromatic heterocycles. The molecule has 0 atom stereocenters. The van der Waals surface area contributed by atoms with Gasteiger partial charge < -0.3 is 9.84 Å². The molecule has 0 spiro atoms. The summed E-state index contributed by atoms with van der Waals surface area (Å²) in [7, 11) is 0. The van der Waals surface area contributed by atoms with Crippen molar-refractivity contribution in [3.63, 3.8) is 0 Å². The predicted octanol–water partition coefficient (Wildman–Crippen LogP) is 3.73. The molecule has 0 heterocycles. The van der Waals surface area contributed by atoms with E-state index in [1.54, 1.807) is 12.1 Å². The third kappa shape index (κ3) is 2.51. The predicted molar refractivity (Wildman–Crippen MR) is 68.3 cm³/mol. The molecule has 0 aliphatic carbocycles. The van der Waals surface area contributed by atoms with E-state index in [-0.39, 0.29) is 12.2 Å². The highest BCUT2D eigenvalue weighted by Gasteiger charge is 2.10. The average molecular weight is 246 g/mol. The molecule has 1 N–H and O–H groups in total. The highest BCUT2D eigenvalue weighted by molar-refractivity contribution is 5.42. The molecule has 0 bridgehead atoms. The second-order valence-corrected chi connectivity index (χ2v) is 4.25. The molecular weight excluding hydrogens is 231 g/mol. The Morgan fingerprint density at radius 2 is 1.89 bits per heavy atom. The standard InChI is InChI=1S/C15H15FO2/c1-10-6-7-14(11(2)8-10)18-15-5-3-4-13(16)12(15)9-17/h3-8,17H,9H2,1-2H3. The fourth-order valence-corrected chi connectivity index (χ4v) is 1.82. The summed E-state index contributed by atoms with van der Waals surface area (Å²) in [5, 5.41) is 9.17. The van der Waals surface area contributed by atoms with Gasteiger partial charge in [-0.25, -0.2) is 4.39 Å². The summed E-state index contributed by atoms with van der Waals surface area (Å²) in [4.78, 5) is 0. The largest absolute Gasteiger partial charge is 0.457 e. The maximum atomic E-state index is 13.5. The van der Waals surface area contributed by atoms with Crippen molar-refractivity contribution >= 4 is 0 Å². The zero-order chi connectivity index (χ0) is 13.1. The molecule has 94 valence electrons. The topological polar surface area (TPSA) is 29.5 Å². The van der Waals surface area contributed by atoms with E-state index in [4.69, 9.17) is 4.74 Å². The average Bonchev–Trinajstić information content (AvgIpc) is 2.33. The smallest absolute Gasteiger partial charge is 0.135 e. The second kappa shape index (κ2) is 5.19. The number of ether oxygens (including phenoxy) is 1. The van der Waals surface area contributed by atoms with Crippen LogP contribution in [-0.4, -0.2) is 5.11 Å². The van der Waals surface area contributed by atoms with Crippen LogP contribution < -0.4 is 4.74 Å². The summed E-state index contributed by atoms with van der Waals surface area (Å²) in [5.41, 5.74) is 2.29. The minimum atomic E-state index is -0.459. The minimum Gasteiger partial charge on any atom is -0.457 e. The third-order valence-electron chi connectivity index (χ3n) is 2.78. The number of benzene rings is 2. The number of aliphatic hydroxyl groups excluding tert-OH is 1. The van der Waals surface area contributed by atoms with Crippen LogP contribution in [0.25, 0.3) is 0 Å². The van der Waals surface area contributed by atoms with Crippen LogP contribution in [0.15, 0.2) is 36.4 Å². The second-order valence-electron chi connectivity index (χ2n) is 4.25. The van der Waals surface area contributed by atoms with E-state index in [1.165, 1.54) is 6.07 Å². The molecule has 2 rings (SSSR count). The van der Waals surface area contributed by atoms with Gasteiger partial charge in [0, 0.05) is 0 Å². The summed E-state index contributed by atoms with van der Waals surface area (Å²) in [6.45, 7) is 3.55. The summed E-state index contributed by atoms with van der Waals surface area (Å²) in [6, 6.07) is 10.3. The molecule has 0 saturated carbocycles. The van der Waals surface area contributed by atoms with E-state index >= 15 is 0 Å². The van der Waals surface area contributed by atoms with Gasteiger partial charge in [0.1, 0.15) is 17.3 Å². The van der Waals surface area contributed by atoms with E-state index in [9.17, 15) is 9.50 Å². The first-order valence-electron chi connectivity index (χ1n) is 5.75. The Labute approximate surface area is 106 Å². The van der Waals surface area contributed by atoms with Crippen molar-refractivity contribution in [3.05, 3.63) is 58.9 Å². The van der Waals surface area contributed by atoms with E-state index in [2.05, 4.69) is 0 Å². The van der Waals surface area contributed by atoms with Crippen molar-refractivity contribution in [2.24, 2.45) is 0 Å². The molecular formula is C15H15FO2. The van der Waals surface area contributed by atoms with Crippen molar-refractivity contribution in [2.75, 3.05) is 0 Å². The van der Waals surface area contributed by atoms with Crippen LogP contribution >= 0.6 is 0 Å². The fourth-order valence-electron chi connectivity index (χ4n) is 1.82. The van der Waals surface area contributed by atoms with Crippen LogP contribution in [0.5, 0.6) is 11.5 Å². The SMILES string of the molecule is Cc1ccc(Oc2cccc(F)c2CO)c(C)c1. The molecule has 0 radical (unpaired) electrons. The first-order valence-corrected chi connectivity index (χ1v) is 5.75. The summed E-state index contributed by atoms with van der Waals surface area (Å²) >= 11 is 0. The number of rotatable bonds is 3. The van der Waals surface area contributed by atoms with E-state index in [1.807, 2.05) is 32.0 Å². The molecule has 2 nitrogen and oxygen atoms in total. The molecule has 0 amide bonds. The van der Waals surface area contributed by atoms with Crippen molar-refractivity contribution in [3.8, 4) is 11.5 Å². The van der Waals surface area contributed by atoms with Gasteiger partial charge in [-0.3, -0.25) is 0 Å². The van der Waals surface area contributed by atoms with Crippen LogP contribution in [0.1, 0.15) is 16.7 Å². The lowest BCUT2D eigenvalue weighted by molar-refractivity contribution is 0.270. The van der Waals surface area contributed by atoms with Crippen molar-refractivity contribution in [2.45, 2.75) is 20.5 Å². The summed E-state index contributed by atoms with van der Waals surface area (Å²) in [5.74, 6) is 0.560. The van der Waals surface area contributed by atoms with Crippen molar-refractivity contribution in [1.82, 2.24) is 0 Å². The van der Waals surface area contributed by atoms with Crippen LogP contribution in [0, 0.1) is 19.7 Å². The Bertz CT molecular complexity index is 564. The Morgan fingerprint density at radius 3 is 2.56 bits per heavy atom. The van der Waals surface area contributed by atoms with Crippen LogP contribution in [0.3, 0.4) is 0 Å². The third-order valence-corrected chi connectivity index (χ3v) is 2.78. The first-order chi connectivity index (χ1) is 8.61. The van der Waals surface area contributed by atoms with Crippen molar-refractivity contribution in [1.29, 1.82) is 0 Å². The van der Waals surface area contributed by atoms with Gasteiger partial charge in [-0.05, 0) is 37.6 Å². The van der Waals surface area contributed by atoms with E-state index in [0.717, 1.165) is 11.1 Å². The highest BCUT2D eigenvalue weighted by atomic mass is 19.1. The number of halogens is 1. The Hall–Kier alpha value is -1.87. The molecule has 0 saturated heterocycles. The molecule has 3 heteroatoms. The van der Waals surface area contributed by atoms with Crippen molar-refractivity contribution < 1.29 is 14.2 Å². The number of aliphatic hydroxyl groups is 1. The van der Waals surface area contributed by atoms with Gasteiger partial charge in [0.15, 0.2) is 0 Å². The lowest BCUT2D eigenvalue weighted by Gasteiger charge is -2.12. The maximum Gasteiger partial charge on any atom is 0.135 e. The molecule has 2 aromatic rings. The molecule has 0 aliphatic rings. The molecule has 0 unspecified atom stereocenters. The van der Waals surface area contributed by atoms with Gasteiger partial charge in [0.25, 0.3) is 0 Å². The van der Waals surface area contributed by atoms with E-state index in [0.29, 0.717) is 11.5 Å². The summed E-state index contributed by atoms with van der Waals surface area (Å²) < 4.78 is 19.1. The van der Waals surface area contributed by atoms with Gasteiger partial charge >= 0.3 is 0 Å². The normalized spacial score (nSPS) is 10.4. The monoisotopic (exact) mass is 246 g/mol. The Kier molecular flexibility index (Phi) is 3.63. The van der Waals surface area contributed by atoms with Gasteiger partial charge in [0.2, 0.25) is 0 Å². The number of aryl methyl sites for hydroxylation is 2. The van der Waals surface area contributed by atoms with Gasteiger partial charge in [0.05, 0.1) is 12.2 Å². The van der Waals surface area contributed by atoms with Gasteiger partial charge in [-0.15, -0.1) is 0 Å². The molecule has 0 aliphatic heterocycles.